The molecule has 0 fully saturated rings. The second-order valence-electron chi connectivity index (χ2n) is 4.86. The molecule has 1 N–H and O–H groups in total. The minimum Gasteiger partial charge on any atom is -0.494 e. The molecule has 0 spiro atoms. The van der Waals surface area contributed by atoms with Crippen molar-refractivity contribution in [3.8, 4) is 5.75 Å². The van der Waals surface area contributed by atoms with Crippen LogP contribution in [0.1, 0.15) is 29.7 Å². The number of benzene rings is 2. The van der Waals surface area contributed by atoms with Crippen LogP contribution in [0.3, 0.4) is 0 Å². The van der Waals surface area contributed by atoms with Gasteiger partial charge in [-0.1, -0.05) is 55.6 Å². The third kappa shape index (κ3) is 3.87. The summed E-state index contributed by atoms with van der Waals surface area (Å²) in [4.78, 5) is 0. The lowest BCUT2D eigenvalue weighted by molar-refractivity contribution is 0.334. The molecule has 0 aliphatic heterocycles. The van der Waals surface area contributed by atoms with Gasteiger partial charge < -0.3 is 10.1 Å². The lowest BCUT2D eigenvalue weighted by Gasteiger charge is -2.22. The Morgan fingerprint density at radius 3 is 2.48 bits per heavy atom. The van der Waals surface area contributed by atoms with Crippen LogP contribution >= 0.6 is 31.9 Å². The van der Waals surface area contributed by atoms with E-state index in [0.717, 1.165) is 20.3 Å². The highest BCUT2D eigenvalue weighted by atomic mass is 79.9. The molecule has 0 aliphatic carbocycles. The highest BCUT2D eigenvalue weighted by molar-refractivity contribution is 9.11. The first kappa shape index (κ1) is 16.5. The first-order valence-electron chi connectivity index (χ1n) is 6.92. The Bertz CT molecular complexity index is 628. The van der Waals surface area contributed by atoms with Crippen molar-refractivity contribution in [2.24, 2.45) is 0 Å². The molecule has 2 aromatic carbocycles. The summed E-state index contributed by atoms with van der Waals surface area (Å²) in [5.74, 6) is 0.928. The summed E-state index contributed by atoms with van der Waals surface area (Å²) in [6, 6.07) is 12.6. The molecular formula is C17H19Br2NO. The molecule has 0 saturated carbocycles. The highest BCUT2D eigenvalue weighted by Gasteiger charge is 2.19. The van der Waals surface area contributed by atoms with E-state index in [1.807, 2.05) is 20.0 Å². The van der Waals surface area contributed by atoms with Crippen LogP contribution in [-0.4, -0.2) is 13.7 Å². The van der Waals surface area contributed by atoms with Gasteiger partial charge in [-0.25, -0.2) is 0 Å². The molecule has 0 aromatic heterocycles. The Morgan fingerprint density at radius 2 is 1.86 bits per heavy atom. The molecule has 2 nitrogen and oxygen atoms in total. The van der Waals surface area contributed by atoms with Crippen molar-refractivity contribution < 1.29 is 4.74 Å². The fourth-order valence-corrected chi connectivity index (χ4v) is 3.67. The van der Waals surface area contributed by atoms with Gasteiger partial charge in [0.25, 0.3) is 0 Å². The van der Waals surface area contributed by atoms with Crippen LogP contribution < -0.4 is 10.1 Å². The Morgan fingerprint density at radius 1 is 1.10 bits per heavy atom. The summed E-state index contributed by atoms with van der Waals surface area (Å²) in [5, 5.41) is 3.40. The van der Waals surface area contributed by atoms with Gasteiger partial charge in [-0.3, -0.25) is 0 Å². The largest absolute Gasteiger partial charge is 0.494 e. The fraction of sp³-hybridized carbons (Fsp3) is 0.294. The van der Waals surface area contributed by atoms with E-state index < -0.39 is 0 Å². The molecule has 0 radical (unpaired) electrons. The van der Waals surface area contributed by atoms with Crippen LogP contribution in [0, 0.1) is 6.92 Å². The van der Waals surface area contributed by atoms with E-state index in [2.05, 4.69) is 74.4 Å². The second kappa shape index (κ2) is 7.43. The first-order valence-corrected chi connectivity index (χ1v) is 8.51. The van der Waals surface area contributed by atoms with Crippen molar-refractivity contribution in [2.75, 3.05) is 13.7 Å². The van der Waals surface area contributed by atoms with Gasteiger partial charge in [-0.15, -0.1) is 0 Å². The molecule has 21 heavy (non-hydrogen) atoms. The Labute approximate surface area is 143 Å². The molecule has 4 heteroatoms. The van der Waals surface area contributed by atoms with E-state index >= 15 is 0 Å². The zero-order valence-corrected chi connectivity index (χ0v) is 15.6. The van der Waals surface area contributed by atoms with Crippen molar-refractivity contribution in [3.63, 3.8) is 0 Å². The number of ether oxygens (including phenoxy) is 1. The van der Waals surface area contributed by atoms with Crippen LogP contribution in [-0.2, 0) is 0 Å². The second-order valence-corrected chi connectivity index (χ2v) is 6.63. The van der Waals surface area contributed by atoms with Crippen LogP contribution in [0.25, 0.3) is 0 Å². The summed E-state index contributed by atoms with van der Waals surface area (Å²) in [6.45, 7) is 4.77. The molecule has 112 valence electrons. The van der Waals surface area contributed by atoms with E-state index in [0.29, 0.717) is 6.61 Å². The molecule has 0 amide bonds. The molecule has 1 atom stereocenters. The SMILES string of the molecule is CCOc1ccc(C)cc1C(NC)c1ccc(Br)cc1Br. The van der Waals surface area contributed by atoms with Crippen LogP contribution in [0.15, 0.2) is 45.3 Å². The standard InChI is InChI=1S/C17H19Br2NO/c1-4-21-16-8-5-11(2)9-14(16)17(20-3)13-7-6-12(18)10-15(13)19/h5-10,17,20H,4H2,1-3H3. The van der Waals surface area contributed by atoms with Gasteiger partial charge in [0.2, 0.25) is 0 Å². The van der Waals surface area contributed by atoms with E-state index in [-0.39, 0.29) is 6.04 Å². The number of aryl methyl sites for hydroxylation is 1. The minimum atomic E-state index is 0.0777. The van der Waals surface area contributed by atoms with Crippen molar-refractivity contribution in [1.82, 2.24) is 5.32 Å². The summed E-state index contributed by atoms with van der Waals surface area (Å²) in [6.07, 6.45) is 0. The van der Waals surface area contributed by atoms with Gasteiger partial charge in [-0.2, -0.15) is 0 Å². The number of nitrogens with one attached hydrogen (secondary N) is 1. The van der Waals surface area contributed by atoms with Gasteiger partial charge in [0.15, 0.2) is 0 Å². The van der Waals surface area contributed by atoms with E-state index in [4.69, 9.17) is 4.74 Å². The molecule has 0 heterocycles. The average molecular weight is 413 g/mol. The lowest BCUT2D eigenvalue weighted by Crippen LogP contribution is -2.19. The summed E-state index contributed by atoms with van der Waals surface area (Å²) in [7, 11) is 1.97. The lowest BCUT2D eigenvalue weighted by atomic mass is 9.96. The number of hydrogen-bond donors (Lipinski definition) is 1. The smallest absolute Gasteiger partial charge is 0.124 e. The summed E-state index contributed by atoms with van der Waals surface area (Å²) < 4.78 is 7.92. The maximum Gasteiger partial charge on any atom is 0.124 e. The predicted octanol–water partition coefficient (Wildman–Crippen LogP) is 5.23. The highest BCUT2D eigenvalue weighted by Crippen LogP contribution is 2.35. The van der Waals surface area contributed by atoms with Crippen molar-refractivity contribution in [2.45, 2.75) is 19.9 Å². The molecule has 0 aliphatic rings. The van der Waals surface area contributed by atoms with Gasteiger partial charge >= 0.3 is 0 Å². The van der Waals surface area contributed by atoms with Crippen LogP contribution in [0.4, 0.5) is 0 Å². The Hall–Kier alpha value is -0.840. The monoisotopic (exact) mass is 411 g/mol. The molecular weight excluding hydrogens is 394 g/mol. The van der Waals surface area contributed by atoms with Gasteiger partial charge in [0, 0.05) is 14.5 Å². The normalized spacial score (nSPS) is 12.2. The molecule has 2 aromatic rings. The Kier molecular flexibility index (Phi) is 5.85. The van der Waals surface area contributed by atoms with Crippen molar-refractivity contribution >= 4 is 31.9 Å². The minimum absolute atomic E-state index is 0.0777. The zero-order chi connectivity index (χ0) is 15.4. The first-order chi connectivity index (χ1) is 10.1. The zero-order valence-electron chi connectivity index (χ0n) is 12.4. The van der Waals surface area contributed by atoms with E-state index in [1.54, 1.807) is 0 Å². The average Bonchev–Trinajstić information content (AvgIpc) is 2.45. The maximum absolute atomic E-state index is 5.80. The van der Waals surface area contributed by atoms with Gasteiger partial charge in [-0.05, 0) is 44.7 Å². The van der Waals surface area contributed by atoms with Gasteiger partial charge in [0.05, 0.1) is 12.6 Å². The van der Waals surface area contributed by atoms with Crippen molar-refractivity contribution in [1.29, 1.82) is 0 Å². The third-order valence-corrected chi connectivity index (χ3v) is 4.52. The number of rotatable bonds is 5. The topological polar surface area (TPSA) is 21.3 Å². The predicted molar refractivity (Wildman–Crippen MR) is 95.1 cm³/mol. The molecule has 0 bridgehead atoms. The molecule has 0 saturated heterocycles. The quantitative estimate of drug-likeness (QED) is 0.725. The van der Waals surface area contributed by atoms with Crippen LogP contribution in [0.2, 0.25) is 0 Å². The Balaban J connectivity index is 2.52. The maximum atomic E-state index is 5.80. The fourth-order valence-electron chi connectivity index (χ4n) is 2.39. The number of halogens is 2. The molecule has 2 rings (SSSR count). The van der Waals surface area contributed by atoms with Gasteiger partial charge in [0.1, 0.15) is 5.75 Å². The summed E-state index contributed by atoms with van der Waals surface area (Å²) >= 11 is 7.16. The van der Waals surface area contributed by atoms with E-state index in [1.165, 1.54) is 11.1 Å². The van der Waals surface area contributed by atoms with Crippen molar-refractivity contribution in [3.05, 3.63) is 62.0 Å². The number of hydrogen-bond acceptors (Lipinski definition) is 2. The third-order valence-electron chi connectivity index (χ3n) is 3.34. The van der Waals surface area contributed by atoms with E-state index in [9.17, 15) is 0 Å². The van der Waals surface area contributed by atoms with Crippen LogP contribution in [0.5, 0.6) is 5.75 Å². The molecule has 1 unspecified atom stereocenters. The summed E-state index contributed by atoms with van der Waals surface area (Å²) in [5.41, 5.74) is 3.57.